The monoisotopic (exact) mass is 1100 g/mol. The average molecular weight is 1100 g/mol. The van der Waals surface area contributed by atoms with Crippen LogP contribution in [0.25, 0.3) is 109 Å². The smallest absolute Gasteiger partial charge is 0.333 e. The van der Waals surface area contributed by atoms with E-state index in [9.17, 15) is 0 Å². The summed E-state index contributed by atoms with van der Waals surface area (Å²) in [7, 11) is 0. The molecule has 0 bridgehead atoms. The number of anilines is 6. The molecule has 0 aliphatic carbocycles. The number of nitrogens with zero attached hydrogens (tertiary/aromatic N) is 3. The Bertz CT molecular complexity index is 5210. The quantitative estimate of drug-likeness (QED) is 0.0934. The Labute approximate surface area is 502 Å². The van der Waals surface area contributed by atoms with Crippen LogP contribution in [0.15, 0.2) is 267 Å². The largest absolute Gasteiger partial charge is 0.375 e. The summed E-state index contributed by atoms with van der Waals surface area (Å²) < 4.78 is 2.76. The van der Waals surface area contributed by atoms with Crippen LogP contribution in [0.1, 0.15) is 52.7 Å². The topological polar surface area (TPSA) is 11.4 Å². The Morgan fingerprint density at radius 1 is 0.337 bits per heavy atom. The second kappa shape index (κ2) is 18.7. The van der Waals surface area contributed by atoms with Gasteiger partial charge in [0.25, 0.3) is 0 Å². The second-order valence-electron chi connectivity index (χ2n) is 26.1. The van der Waals surface area contributed by atoms with E-state index >= 15 is 0 Å². The predicted molar refractivity (Wildman–Crippen MR) is 370 cm³/mol. The van der Waals surface area contributed by atoms with E-state index in [0.29, 0.717) is 0 Å². The summed E-state index contributed by atoms with van der Waals surface area (Å²) in [5.74, 6) is 0. The number of aromatic nitrogens is 1. The molecule has 2 aliphatic heterocycles. The highest BCUT2D eigenvalue weighted by molar-refractivity contribution is 6.90. The molecule has 408 valence electrons. The van der Waals surface area contributed by atoms with Crippen LogP contribution < -0.4 is 20.7 Å². The van der Waals surface area contributed by atoms with Crippen LogP contribution in [0.2, 0.25) is 0 Å². The van der Waals surface area contributed by atoms with Crippen molar-refractivity contribution < 1.29 is 0 Å². The van der Waals surface area contributed by atoms with Crippen LogP contribution in [-0.4, -0.2) is 11.3 Å². The highest BCUT2D eigenvalue weighted by Crippen LogP contribution is 2.52. The van der Waals surface area contributed by atoms with Crippen molar-refractivity contribution in [2.24, 2.45) is 0 Å². The number of para-hydroxylation sites is 2. The molecule has 3 nitrogen and oxygen atoms in total. The maximum atomic E-state index is 2.76. The van der Waals surface area contributed by atoms with Crippen LogP contribution in [0.3, 0.4) is 0 Å². The van der Waals surface area contributed by atoms with E-state index < -0.39 is 0 Å². The molecule has 0 spiro atoms. The minimum absolute atomic E-state index is 0.0489. The number of benzene rings is 14. The highest BCUT2D eigenvalue weighted by Gasteiger charge is 2.44. The summed E-state index contributed by atoms with van der Waals surface area (Å²) in [5, 5.41) is 15.1. The van der Waals surface area contributed by atoms with E-state index in [2.05, 4.69) is 323 Å². The first-order valence-corrected chi connectivity index (χ1v) is 30.4. The van der Waals surface area contributed by atoms with Gasteiger partial charge in [-0.1, -0.05) is 205 Å². The lowest BCUT2D eigenvalue weighted by Crippen LogP contribution is -2.56. The Balaban J connectivity index is 1.06. The van der Waals surface area contributed by atoms with Crippen LogP contribution in [0, 0.1) is 0 Å². The first-order valence-electron chi connectivity index (χ1n) is 30.4. The van der Waals surface area contributed by atoms with Crippen molar-refractivity contribution in [1.29, 1.82) is 0 Å². The first-order chi connectivity index (χ1) is 41.9. The lowest BCUT2D eigenvalue weighted by atomic mass is 9.44. The molecule has 2 aliphatic rings. The van der Waals surface area contributed by atoms with Crippen LogP contribution >= 0.6 is 0 Å². The van der Waals surface area contributed by atoms with Crippen molar-refractivity contribution in [3.63, 3.8) is 0 Å². The van der Waals surface area contributed by atoms with Crippen molar-refractivity contribution in [2.45, 2.75) is 52.4 Å². The normalized spacial score (nSPS) is 13.0. The van der Waals surface area contributed by atoms with Crippen LogP contribution in [-0.2, 0) is 10.8 Å². The lowest BCUT2D eigenvalue weighted by molar-refractivity contribution is 0.590. The van der Waals surface area contributed by atoms with Gasteiger partial charge in [-0.25, -0.2) is 0 Å². The summed E-state index contributed by atoms with van der Waals surface area (Å²) in [6, 6.07) is 101. The number of hydrogen-bond acceptors (Lipinski definition) is 2. The SMILES string of the molecule is CC(C)(C)c1ccc2c(c1)c1cc(C(C)(C)C)cc3c1n2B1c2cc4cc5c6ccccc6c6ccccc6c5cc4cc2N(c2cc(-c4ccccc4)cc(-c4ccccc4)c2)c2cc4cc(N(c5ccccc5)c5ccccc5)ccc4c-3c21. The Morgan fingerprint density at radius 3 is 1.42 bits per heavy atom. The Morgan fingerprint density at radius 2 is 0.849 bits per heavy atom. The standard InChI is InChI=1S/C82H62BN3/c1-81(2,3)58-35-38-75-71(48-58)72-49-59(82(4,5)6)50-73-78-64-37-36-62(84(60-27-15-9-16-28-60)61-29-17-10-18-30-61)42-57(64)47-77-79(78)83(86(75)80(72)73)74-45-55-43-69-67-33-21-19-31-65(67)66-32-20-22-34-68(66)70(69)44-56(55)46-76(74)85(77)63-40-53(51-23-11-7-12-24-51)39-54(41-63)52-25-13-8-14-26-52/h7-50H,1-6H3. The predicted octanol–water partition coefficient (Wildman–Crippen LogP) is 21.4. The molecule has 15 aromatic rings. The maximum absolute atomic E-state index is 2.76. The molecule has 86 heavy (non-hydrogen) atoms. The van der Waals surface area contributed by atoms with Gasteiger partial charge in [-0.05, 0) is 218 Å². The molecule has 0 fully saturated rings. The molecule has 1 aromatic heterocycles. The Kier molecular flexibility index (Phi) is 10.9. The van der Waals surface area contributed by atoms with Gasteiger partial charge in [0.1, 0.15) is 0 Å². The Hall–Kier alpha value is -10.2. The van der Waals surface area contributed by atoms with Gasteiger partial charge in [0.15, 0.2) is 0 Å². The molecule has 3 heterocycles. The molecule has 14 aromatic carbocycles. The molecule has 0 N–H and O–H groups in total. The molecule has 0 unspecified atom stereocenters. The fourth-order valence-corrected chi connectivity index (χ4v) is 14.7. The number of fused-ring (bicyclic) bond motifs is 16. The number of hydrogen-bond donors (Lipinski definition) is 0. The lowest BCUT2D eigenvalue weighted by Gasteiger charge is -2.42. The van der Waals surface area contributed by atoms with Gasteiger partial charge in [-0.3, -0.25) is 0 Å². The summed E-state index contributed by atoms with van der Waals surface area (Å²) in [6.45, 7) is 14.0. The van der Waals surface area contributed by atoms with Gasteiger partial charge in [0.2, 0.25) is 0 Å². The second-order valence-corrected chi connectivity index (χ2v) is 26.1. The molecule has 0 saturated heterocycles. The van der Waals surface area contributed by atoms with Gasteiger partial charge in [0.05, 0.1) is 0 Å². The summed E-state index contributed by atoms with van der Waals surface area (Å²) in [4.78, 5) is 5.06. The van der Waals surface area contributed by atoms with E-state index in [1.807, 2.05) is 0 Å². The zero-order chi connectivity index (χ0) is 57.7. The molecule has 0 amide bonds. The van der Waals surface area contributed by atoms with E-state index in [1.165, 1.54) is 142 Å². The summed E-state index contributed by atoms with van der Waals surface area (Å²) in [6.07, 6.45) is 0. The fraction of sp³-hybridized carbons (Fsp3) is 0.0976. The highest BCUT2D eigenvalue weighted by atomic mass is 15.2. The van der Waals surface area contributed by atoms with E-state index in [4.69, 9.17) is 0 Å². The summed E-state index contributed by atoms with van der Waals surface area (Å²) >= 11 is 0. The van der Waals surface area contributed by atoms with Gasteiger partial charge in [0, 0.05) is 61.5 Å². The zero-order valence-electron chi connectivity index (χ0n) is 49.3. The minimum atomic E-state index is -0.187. The molecular weight excluding hydrogens is 1040 g/mol. The van der Waals surface area contributed by atoms with Crippen LogP contribution in [0.5, 0.6) is 0 Å². The average Bonchev–Trinajstić information content (AvgIpc) is 1.31. The molecule has 0 radical (unpaired) electrons. The zero-order valence-corrected chi connectivity index (χ0v) is 49.3. The molecule has 17 rings (SSSR count). The van der Waals surface area contributed by atoms with E-state index in [0.717, 1.165) is 22.7 Å². The number of rotatable bonds is 6. The third kappa shape index (κ3) is 7.68. The van der Waals surface area contributed by atoms with Crippen molar-refractivity contribution in [1.82, 2.24) is 4.48 Å². The third-order valence-corrected chi connectivity index (χ3v) is 18.9. The van der Waals surface area contributed by atoms with Crippen molar-refractivity contribution in [3.05, 3.63) is 278 Å². The van der Waals surface area contributed by atoms with Crippen molar-refractivity contribution in [2.75, 3.05) is 9.80 Å². The van der Waals surface area contributed by atoms with Gasteiger partial charge >= 0.3 is 6.85 Å². The molecule has 0 atom stereocenters. The summed E-state index contributed by atoms with van der Waals surface area (Å²) in [5.41, 5.74) is 21.7. The van der Waals surface area contributed by atoms with Gasteiger partial charge in [-0.15, -0.1) is 0 Å². The molecule has 4 heteroatoms. The maximum Gasteiger partial charge on any atom is 0.333 e. The van der Waals surface area contributed by atoms with Gasteiger partial charge in [-0.2, -0.15) is 0 Å². The fourth-order valence-electron chi connectivity index (χ4n) is 14.7. The van der Waals surface area contributed by atoms with E-state index in [1.54, 1.807) is 0 Å². The van der Waals surface area contributed by atoms with Crippen molar-refractivity contribution >= 4 is 128 Å². The molecule has 0 saturated carbocycles. The minimum Gasteiger partial charge on any atom is -0.375 e. The third-order valence-electron chi connectivity index (χ3n) is 18.9. The van der Waals surface area contributed by atoms with Gasteiger partial charge < -0.3 is 14.3 Å². The van der Waals surface area contributed by atoms with Crippen molar-refractivity contribution in [3.8, 4) is 33.4 Å². The first kappa shape index (κ1) is 50.4. The van der Waals surface area contributed by atoms with Crippen LogP contribution in [0.4, 0.5) is 34.1 Å². The van der Waals surface area contributed by atoms with E-state index in [-0.39, 0.29) is 17.7 Å². The molecular formula is C82H62BN3.